The van der Waals surface area contributed by atoms with Crippen molar-refractivity contribution in [3.8, 4) is 0 Å². The van der Waals surface area contributed by atoms with Crippen molar-refractivity contribution in [3.63, 3.8) is 0 Å². The zero-order valence-corrected chi connectivity index (χ0v) is 16.5. The van der Waals surface area contributed by atoms with Crippen LogP contribution < -0.4 is 0 Å². The second kappa shape index (κ2) is 8.70. The van der Waals surface area contributed by atoms with Crippen LogP contribution in [0.4, 0.5) is 0 Å². The first-order valence-electron chi connectivity index (χ1n) is 10.1. The lowest BCUT2D eigenvalue weighted by atomic mass is 9.99. The Labute approximate surface area is 147 Å². The van der Waals surface area contributed by atoms with Gasteiger partial charge in [-0.05, 0) is 12.8 Å². The molecule has 0 atom stereocenters. The fraction of sp³-hybridized carbons (Fsp3) is 1.00. The van der Waals surface area contributed by atoms with Crippen molar-refractivity contribution in [3.05, 3.63) is 0 Å². The predicted octanol–water partition coefficient (Wildman–Crippen LogP) is 5.33. The maximum absolute atomic E-state index is 12.9. The highest BCUT2D eigenvalue weighted by Gasteiger charge is 2.44. The molecule has 23 heavy (non-hydrogen) atoms. The van der Waals surface area contributed by atoms with Crippen molar-refractivity contribution in [2.45, 2.75) is 111 Å². The van der Waals surface area contributed by atoms with Crippen LogP contribution in [0.1, 0.15) is 96.3 Å². The van der Waals surface area contributed by atoms with E-state index in [1.165, 1.54) is 70.6 Å². The summed E-state index contributed by atoms with van der Waals surface area (Å²) in [6.07, 6.45) is 17.7. The van der Waals surface area contributed by atoms with E-state index in [0.29, 0.717) is 9.56 Å². The summed E-state index contributed by atoms with van der Waals surface area (Å²) in [5.41, 5.74) is 0. The summed E-state index contributed by atoms with van der Waals surface area (Å²) in [7, 11) is -3.32. The molecule has 0 heterocycles. The van der Waals surface area contributed by atoms with Crippen LogP contribution in [0.5, 0.6) is 0 Å². The van der Waals surface area contributed by atoms with Gasteiger partial charge in [0.05, 0.1) is 5.25 Å². The van der Waals surface area contributed by atoms with Gasteiger partial charge in [0.1, 0.15) is 0 Å². The summed E-state index contributed by atoms with van der Waals surface area (Å²) >= 11 is -1.68. The Bertz CT molecular complexity index is 429. The second-order valence-corrected chi connectivity index (χ2v) is 13.3. The number of hydrogen-bond donors (Lipinski definition) is 0. The molecule has 0 unspecified atom stereocenters. The summed E-state index contributed by atoms with van der Waals surface area (Å²) in [6, 6.07) is 0. The molecule has 3 saturated carbocycles. The molecule has 0 aromatic carbocycles. The van der Waals surface area contributed by atoms with E-state index in [9.17, 15) is 8.42 Å². The molecular weight excluding hydrogens is 323 g/mol. The Morgan fingerprint density at radius 2 is 1.00 bits per heavy atom. The van der Waals surface area contributed by atoms with Gasteiger partial charge in [0.25, 0.3) is 0 Å². The van der Waals surface area contributed by atoms with Crippen LogP contribution in [0.3, 0.4) is 0 Å². The van der Waals surface area contributed by atoms with Crippen LogP contribution in [0, 0.1) is 0 Å². The van der Waals surface area contributed by atoms with Gasteiger partial charge in [0.15, 0.2) is 0 Å². The maximum Gasteiger partial charge on any atom is 0.490 e. The van der Waals surface area contributed by atoms with E-state index < -0.39 is 24.6 Å². The lowest BCUT2D eigenvalue weighted by Crippen LogP contribution is -2.39. The Balaban J connectivity index is 1.71. The van der Waals surface area contributed by atoms with Crippen molar-refractivity contribution < 1.29 is 11.7 Å². The average molecular weight is 357 g/mol. The topological polar surface area (TPSA) is 43.4 Å². The zero-order chi connectivity index (χ0) is 16.1. The molecule has 3 rings (SSSR count). The molecule has 3 nitrogen and oxygen atoms in total. The molecule has 3 aliphatic carbocycles. The Kier molecular flexibility index (Phi) is 6.90. The van der Waals surface area contributed by atoms with Crippen molar-refractivity contribution in [2.75, 3.05) is 0 Å². The fourth-order valence-corrected chi connectivity index (χ4v) is 12.1. The third kappa shape index (κ3) is 4.97. The number of rotatable bonds is 5. The van der Waals surface area contributed by atoms with E-state index in [-0.39, 0.29) is 5.25 Å². The van der Waals surface area contributed by atoms with Gasteiger partial charge in [0, 0.05) is 0 Å². The quantitative estimate of drug-likeness (QED) is 0.626. The minimum Gasteiger partial charge on any atom is -0.397 e. The van der Waals surface area contributed by atoms with E-state index in [4.69, 9.17) is 3.23 Å². The highest BCUT2D eigenvalue weighted by Crippen LogP contribution is 2.43. The first-order chi connectivity index (χ1) is 11.2. The third-order valence-electron chi connectivity index (χ3n) is 6.43. The molecule has 0 N–H and O–H groups in total. The average Bonchev–Trinajstić information content (AvgIpc) is 2.62. The van der Waals surface area contributed by atoms with Gasteiger partial charge in [-0.2, -0.15) is 0 Å². The molecule has 0 aromatic heterocycles. The second-order valence-electron chi connectivity index (χ2n) is 8.11. The van der Waals surface area contributed by atoms with E-state index >= 15 is 0 Å². The normalized spacial score (nSPS) is 26.3. The zero-order valence-electron chi connectivity index (χ0n) is 14.5. The lowest BCUT2D eigenvalue weighted by Gasteiger charge is -2.34. The van der Waals surface area contributed by atoms with Gasteiger partial charge in [-0.15, -0.1) is 0 Å². The molecule has 3 fully saturated rings. The predicted molar refractivity (Wildman–Crippen MR) is 96.3 cm³/mol. The molecule has 0 aromatic rings. The molecule has 132 valence electrons. The van der Waals surface area contributed by atoms with Gasteiger partial charge >= 0.3 is 14.5 Å². The summed E-state index contributed by atoms with van der Waals surface area (Å²) in [4.78, 5) is 0. The Morgan fingerprint density at radius 3 is 1.43 bits per heavy atom. The molecule has 0 aliphatic heterocycles. The summed E-state index contributed by atoms with van der Waals surface area (Å²) in [6.45, 7) is 0. The number of hydrogen-bond acceptors (Lipinski definition) is 3. The van der Waals surface area contributed by atoms with Gasteiger partial charge < -0.3 is 3.23 Å². The van der Waals surface area contributed by atoms with E-state index in [0.717, 1.165) is 25.7 Å². The Hall–Kier alpha value is 0.442. The monoisotopic (exact) mass is 356 g/mol. The van der Waals surface area contributed by atoms with E-state index in [1.54, 1.807) is 0 Å². The highest BCUT2D eigenvalue weighted by atomic mass is 32.2. The largest absolute Gasteiger partial charge is 0.490 e. The first-order valence-corrected chi connectivity index (χ1v) is 13.4. The SMILES string of the molecule is O=S(=O)([O][Al]([CH]1CCCCC1)[CH]1CCCCC1)C1CCCCC1. The minimum atomic E-state index is -3.32. The lowest BCUT2D eigenvalue weighted by molar-refractivity contribution is 0.386. The van der Waals surface area contributed by atoms with Crippen LogP contribution in [-0.2, 0) is 13.4 Å². The van der Waals surface area contributed by atoms with Crippen LogP contribution >= 0.6 is 0 Å². The maximum atomic E-state index is 12.9. The Morgan fingerprint density at radius 1 is 0.609 bits per heavy atom. The molecule has 0 radical (unpaired) electrons. The summed E-state index contributed by atoms with van der Waals surface area (Å²) < 4.78 is 33.2. The standard InChI is InChI=1S/C6H12O3S.2C6H11.Al/c7-10(8,9)6-4-2-1-3-5-6;2*1-2-4-6-5-3-1;/h6H,1-5H2,(H,7,8,9);2*1H,2-6H2;/q;;;+1/p-1. The van der Waals surface area contributed by atoms with Gasteiger partial charge in [0.2, 0.25) is 10.1 Å². The molecule has 0 saturated heterocycles. The van der Waals surface area contributed by atoms with Crippen molar-refractivity contribution in [2.24, 2.45) is 0 Å². The van der Waals surface area contributed by atoms with E-state index in [1.807, 2.05) is 0 Å². The minimum absolute atomic E-state index is 0.196. The van der Waals surface area contributed by atoms with Crippen LogP contribution in [0.25, 0.3) is 0 Å². The molecule has 0 amide bonds. The third-order valence-corrected chi connectivity index (χ3v) is 12.9. The van der Waals surface area contributed by atoms with Gasteiger partial charge in [-0.25, -0.2) is 8.42 Å². The van der Waals surface area contributed by atoms with Gasteiger partial charge in [-0.1, -0.05) is 93.0 Å². The van der Waals surface area contributed by atoms with Crippen LogP contribution in [0.15, 0.2) is 0 Å². The molecule has 3 aliphatic rings. The van der Waals surface area contributed by atoms with Crippen LogP contribution in [0.2, 0.25) is 9.56 Å². The van der Waals surface area contributed by atoms with Crippen molar-refractivity contribution in [1.29, 1.82) is 0 Å². The van der Waals surface area contributed by atoms with Crippen LogP contribution in [-0.4, -0.2) is 28.2 Å². The highest BCUT2D eigenvalue weighted by molar-refractivity contribution is 7.88. The fourth-order valence-electron chi connectivity index (χ4n) is 5.05. The van der Waals surface area contributed by atoms with Crippen molar-refractivity contribution in [1.82, 2.24) is 0 Å². The first kappa shape index (κ1) is 18.2. The summed E-state index contributed by atoms with van der Waals surface area (Å²) in [5, 5.41) is -0.196. The molecule has 5 heteroatoms. The molecule has 0 bridgehead atoms. The smallest absolute Gasteiger partial charge is 0.397 e. The molecule has 0 spiro atoms. The molecular formula is C18H33AlO3S. The van der Waals surface area contributed by atoms with E-state index in [2.05, 4.69) is 0 Å². The van der Waals surface area contributed by atoms with Crippen molar-refractivity contribution >= 4 is 24.6 Å². The van der Waals surface area contributed by atoms with Gasteiger partial charge in [-0.3, -0.25) is 0 Å². The summed E-state index contributed by atoms with van der Waals surface area (Å²) in [5.74, 6) is 0.